The minimum Gasteiger partial charge on any atom is -0.493 e. The van der Waals surface area contributed by atoms with E-state index in [0.717, 1.165) is 29.8 Å². The Balaban J connectivity index is 1.67. The van der Waals surface area contributed by atoms with Gasteiger partial charge in [0.1, 0.15) is 6.61 Å². The summed E-state index contributed by atoms with van der Waals surface area (Å²) in [6.07, 6.45) is 1.82. The number of methoxy groups -OCH3 is 1. The van der Waals surface area contributed by atoms with Gasteiger partial charge in [-0.2, -0.15) is 5.10 Å². The standard InChI is InChI=1S/C20H22Cl2N4O2S/c1-3-4-19-24-25-20(29)26(19)23-11-13-6-8-17(18(10-13)27-2)28-12-14-5-7-15(21)16(22)9-14/h5-10,23H,3-4,11-12H2,1-2H3,(H,25,29). The molecular formula is C20H22Cl2N4O2S. The molecule has 154 valence electrons. The molecule has 0 bridgehead atoms. The zero-order valence-corrected chi connectivity index (χ0v) is 18.5. The van der Waals surface area contributed by atoms with Gasteiger partial charge in [0.15, 0.2) is 17.3 Å². The number of ether oxygens (including phenoxy) is 2. The summed E-state index contributed by atoms with van der Waals surface area (Å²) in [5.74, 6) is 2.17. The Morgan fingerprint density at radius 2 is 1.90 bits per heavy atom. The largest absolute Gasteiger partial charge is 0.493 e. The van der Waals surface area contributed by atoms with Gasteiger partial charge in [-0.25, -0.2) is 4.68 Å². The second-order valence-corrected chi connectivity index (χ2v) is 7.59. The molecule has 3 aromatic rings. The molecule has 0 unspecified atom stereocenters. The molecule has 0 saturated carbocycles. The van der Waals surface area contributed by atoms with Gasteiger partial charge in [0.2, 0.25) is 4.77 Å². The number of H-pyrrole nitrogens is 1. The molecule has 0 fully saturated rings. The van der Waals surface area contributed by atoms with Gasteiger partial charge >= 0.3 is 0 Å². The van der Waals surface area contributed by atoms with E-state index >= 15 is 0 Å². The van der Waals surface area contributed by atoms with Crippen LogP contribution in [0.15, 0.2) is 36.4 Å². The topological polar surface area (TPSA) is 64.1 Å². The Morgan fingerprint density at radius 3 is 2.62 bits per heavy atom. The smallest absolute Gasteiger partial charge is 0.214 e. The molecule has 0 amide bonds. The van der Waals surface area contributed by atoms with Crippen molar-refractivity contribution >= 4 is 35.4 Å². The van der Waals surface area contributed by atoms with Crippen LogP contribution >= 0.6 is 35.4 Å². The molecule has 0 aliphatic rings. The normalized spacial score (nSPS) is 10.8. The summed E-state index contributed by atoms with van der Waals surface area (Å²) in [7, 11) is 1.62. The summed E-state index contributed by atoms with van der Waals surface area (Å²) < 4.78 is 13.7. The highest BCUT2D eigenvalue weighted by Crippen LogP contribution is 2.30. The first-order valence-electron chi connectivity index (χ1n) is 9.15. The van der Waals surface area contributed by atoms with Crippen LogP contribution in [0.2, 0.25) is 10.0 Å². The molecule has 1 aromatic heterocycles. The fourth-order valence-corrected chi connectivity index (χ4v) is 3.32. The van der Waals surface area contributed by atoms with Crippen molar-refractivity contribution in [3.8, 4) is 11.5 Å². The van der Waals surface area contributed by atoms with Gasteiger partial charge in [-0.3, -0.25) is 5.10 Å². The highest BCUT2D eigenvalue weighted by atomic mass is 35.5. The summed E-state index contributed by atoms with van der Waals surface area (Å²) in [5, 5.41) is 8.09. The number of hydrogen-bond acceptors (Lipinski definition) is 5. The number of aromatic nitrogens is 3. The molecule has 0 saturated heterocycles. The van der Waals surface area contributed by atoms with Crippen LogP contribution in [0.3, 0.4) is 0 Å². The van der Waals surface area contributed by atoms with Gasteiger partial charge < -0.3 is 14.9 Å². The Labute approximate surface area is 184 Å². The zero-order chi connectivity index (χ0) is 20.8. The Hall–Kier alpha value is -2.22. The second-order valence-electron chi connectivity index (χ2n) is 6.39. The molecule has 0 atom stereocenters. The number of rotatable bonds is 9. The fourth-order valence-electron chi connectivity index (χ4n) is 2.79. The SMILES string of the molecule is CCCc1n[nH]c(=S)n1NCc1ccc(OCc2ccc(Cl)c(Cl)c2)c(OC)c1. The molecule has 6 nitrogen and oxygen atoms in total. The minimum absolute atomic E-state index is 0.357. The summed E-state index contributed by atoms with van der Waals surface area (Å²) in [6.45, 7) is 3.02. The van der Waals surface area contributed by atoms with Crippen LogP contribution in [0.5, 0.6) is 11.5 Å². The molecule has 29 heavy (non-hydrogen) atoms. The number of halogens is 2. The number of nitrogens with one attached hydrogen (secondary N) is 2. The van der Waals surface area contributed by atoms with Crippen molar-refractivity contribution in [1.29, 1.82) is 0 Å². The summed E-state index contributed by atoms with van der Waals surface area (Å²) in [4.78, 5) is 0. The molecular weight excluding hydrogens is 431 g/mol. The zero-order valence-electron chi connectivity index (χ0n) is 16.2. The van der Waals surface area contributed by atoms with Crippen LogP contribution in [0.25, 0.3) is 0 Å². The van der Waals surface area contributed by atoms with E-state index in [4.69, 9.17) is 44.9 Å². The summed E-state index contributed by atoms with van der Waals surface area (Å²) in [5.41, 5.74) is 5.24. The molecule has 2 N–H and O–H groups in total. The van der Waals surface area contributed by atoms with E-state index in [9.17, 15) is 0 Å². The highest BCUT2D eigenvalue weighted by molar-refractivity contribution is 7.71. The first kappa shape index (κ1) is 21.5. The van der Waals surface area contributed by atoms with E-state index in [-0.39, 0.29) is 0 Å². The van der Waals surface area contributed by atoms with Crippen LogP contribution < -0.4 is 14.9 Å². The van der Waals surface area contributed by atoms with Gasteiger partial charge in [-0.15, -0.1) is 0 Å². The minimum atomic E-state index is 0.357. The summed E-state index contributed by atoms with van der Waals surface area (Å²) in [6, 6.07) is 11.2. The van der Waals surface area contributed by atoms with E-state index in [1.54, 1.807) is 23.9 Å². The Kier molecular flexibility index (Phi) is 7.41. The van der Waals surface area contributed by atoms with Crippen LogP contribution in [0, 0.1) is 4.77 Å². The quantitative estimate of drug-likeness (QED) is 0.417. The summed E-state index contributed by atoms with van der Waals surface area (Å²) >= 11 is 17.3. The lowest BCUT2D eigenvalue weighted by Gasteiger charge is -2.14. The van der Waals surface area contributed by atoms with Gasteiger partial charge in [0, 0.05) is 6.42 Å². The van der Waals surface area contributed by atoms with E-state index in [0.29, 0.717) is 39.5 Å². The van der Waals surface area contributed by atoms with Crippen molar-refractivity contribution in [3.63, 3.8) is 0 Å². The average molecular weight is 453 g/mol. The van der Waals surface area contributed by atoms with Gasteiger partial charge in [-0.05, 0) is 54.0 Å². The average Bonchev–Trinajstić information content (AvgIpc) is 3.07. The van der Waals surface area contributed by atoms with Gasteiger partial charge in [0.25, 0.3) is 0 Å². The van der Waals surface area contributed by atoms with E-state index in [1.165, 1.54) is 0 Å². The molecule has 0 aliphatic heterocycles. The predicted octanol–water partition coefficient (Wildman–Crippen LogP) is 5.53. The van der Waals surface area contributed by atoms with Crippen LogP contribution in [-0.2, 0) is 19.6 Å². The van der Waals surface area contributed by atoms with Gasteiger partial charge in [0.05, 0.1) is 23.7 Å². The molecule has 9 heteroatoms. The number of aryl methyl sites for hydroxylation is 1. The van der Waals surface area contributed by atoms with Crippen molar-refractivity contribution in [1.82, 2.24) is 14.9 Å². The molecule has 1 heterocycles. The molecule has 2 aromatic carbocycles. The molecule has 0 spiro atoms. The van der Waals surface area contributed by atoms with Crippen molar-refractivity contribution in [2.24, 2.45) is 0 Å². The number of benzene rings is 2. The van der Waals surface area contributed by atoms with E-state index in [1.807, 2.05) is 24.3 Å². The van der Waals surface area contributed by atoms with Crippen LogP contribution in [-0.4, -0.2) is 22.0 Å². The maximum absolute atomic E-state index is 6.06. The lowest BCUT2D eigenvalue weighted by atomic mass is 10.2. The monoisotopic (exact) mass is 452 g/mol. The third-order valence-electron chi connectivity index (χ3n) is 4.26. The Bertz CT molecular complexity index is 1040. The van der Waals surface area contributed by atoms with Gasteiger partial charge in [-0.1, -0.05) is 42.3 Å². The number of hydrogen-bond donors (Lipinski definition) is 2. The fraction of sp³-hybridized carbons (Fsp3) is 0.300. The van der Waals surface area contributed by atoms with E-state index in [2.05, 4.69) is 22.5 Å². The van der Waals surface area contributed by atoms with Crippen molar-refractivity contribution in [2.45, 2.75) is 32.9 Å². The van der Waals surface area contributed by atoms with Crippen LogP contribution in [0.1, 0.15) is 30.3 Å². The second kappa shape index (κ2) is 10.0. The third-order valence-corrected chi connectivity index (χ3v) is 5.28. The third kappa shape index (κ3) is 5.44. The number of aromatic amines is 1. The lowest BCUT2D eigenvalue weighted by Crippen LogP contribution is -2.17. The highest BCUT2D eigenvalue weighted by Gasteiger charge is 2.09. The van der Waals surface area contributed by atoms with Crippen molar-refractivity contribution in [2.75, 3.05) is 12.5 Å². The predicted molar refractivity (Wildman–Crippen MR) is 118 cm³/mol. The maximum atomic E-state index is 6.06. The number of nitrogens with zero attached hydrogens (tertiary/aromatic N) is 2. The Morgan fingerprint density at radius 1 is 1.10 bits per heavy atom. The van der Waals surface area contributed by atoms with Crippen LogP contribution in [0.4, 0.5) is 0 Å². The van der Waals surface area contributed by atoms with Crippen molar-refractivity contribution < 1.29 is 9.47 Å². The molecule has 0 aliphatic carbocycles. The maximum Gasteiger partial charge on any atom is 0.214 e. The first-order valence-corrected chi connectivity index (χ1v) is 10.3. The molecule has 3 rings (SSSR count). The molecule has 0 radical (unpaired) electrons. The van der Waals surface area contributed by atoms with Crippen molar-refractivity contribution in [3.05, 3.63) is 68.2 Å². The first-order chi connectivity index (χ1) is 14.0. The van der Waals surface area contributed by atoms with E-state index < -0.39 is 0 Å². The lowest BCUT2D eigenvalue weighted by molar-refractivity contribution is 0.284.